The molecule has 130 valence electrons. The summed E-state index contributed by atoms with van der Waals surface area (Å²) >= 11 is 0. The van der Waals surface area contributed by atoms with Crippen molar-refractivity contribution >= 4 is 33.6 Å². The van der Waals surface area contributed by atoms with E-state index in [0.717, 1.165) is 33.8 Å². The minimum atomic E-state index is -0.417. The third-order valence-electron chi connectivity index (χ3n) is 4.41. The smallest absolute Gasteiger partial charge is 0.340 e. The first-order valence-corrected chi connectivity index (χ1v) is 8.44. The van der Waals surface area contributed by atoms with Gasteiger partial charge in [-0.15, -0.1) is 0 Å². The number of carbonyl (C=O) groups excluding carboxylic acids is 1. The van der Waals surface area contributed by atoms with Crippen molar-refractivity contribution in [2.24, 2.45) is 0 Å². The third-order valence-corrected chi connectivity index (χ3v) is 4.41. The number of nitrogen functional groups attached to an aromatic ring is 1. The average Bonchev–Trinajstić information content (AvgIpc) is 3.10. The number of hydrogen-bond acceptors (Lipinski definition) is 5. The minimum absolute atomic E-state index is 0.0337. The van der Waals surface area contributed by atoms with E-state index in [0.29, 0.717) is 17.2 Å². The number of nitrogens with zero attached hydrogens (tertiary/aromatic N) is 2. The molecule has 6 nitrogen and oxygen atoms in total. The van der Waals surface area contributed by atoms with Gasteiger partial charge in [-0.3, -0.25) is 0 Å². The van der Waals surface area contributed by atoms with E-state index in [4.69, 9.17) is 10.5 Å². The number of anilines is 1. The summed E-state index contributed by atoms with van der Waals surface area (Å²) < 4.78 is 5.42. The first-order valence-electron chi connectivity index (χ1n) is 8.44. The number of benzene rings is 2. The zero-order valence-corrected chi connectivity index (χ0v) is 14.3. The van der Waals surface area contributed by atoms with Crippen LogP contribution < -0.4 is 5.73 Å². The SMILES string of the molecule is CCc1cccc2c(C(=O)OCc3nc(N)c4ccccc4n3)c[nH]c12. The Labute approximate surface area is 150 Å². The van der Waals surface area contributed by atoms with Crippen LogP contribution in [0.1, 0.15) is 28.7 Å². The molecule has 0 saturated carbocycles. The lowest BCUT2D eigenvalue weighted by atomic mass is 10.1. The van der Waals surface area contributed by atoms with E-state index in [1.165, 1.54) is 0 Å². The molecule has 4 aromatic rings. The number of nitrogens with one attached hydrogen (secondary N) is 1. The molecule has 2 aromatic heterocycles. The van der Waals surface area contributed by atoms with Crippen LogP contribution in [-0.4, -0.2) is 20.9 Å². The highest BCUT2D eigenvalue weighted by Crippen LogP contribution is 2.23. The number of aryl methyl sites for hydroxylation is 1. The van der Waals surface area contributed by atoms with Crippen molar-refractivity contribution in [1.82, 2.24) is 15.0 Å². The number of carbonyl (C=O) groups is 1. The minimum Gasteiger partial charge on any atom is -0.454 e. The van der Waals surface area contributed by atoms with Crippen molar-refractivity contribution < 1.29 is 9.53 Å². The maximum absolute atomic E-state index is 12.5. The molecule has 2 aromatic carbocycles. The number of H-pyrrole nitrogens is 1. The van der Waals surface area contributed by atoms with Gasteiger partial charge in [0, 0.05) is 22.5 Å². The Morgan fingerprint density at radius 1 is 1.12 bits per heavy atom. The summed E-state index contributed by atoms with van der Waals surface area (Å²) in [7, 11) is 0. The molecule has 0 saturated heterocycles. The summed E-state index contributed by atoms with van der Waals surface area (Å²) in [5.74, 6) is 0.338. The lowest BCUT2D eigenvalue weighted by molar-refractivity contribution is 0.0465. The molecule has 4 rings (SSSR count). The molecule has 0 fully saturated rings. The molecule has 0 spiro atoms. The van der Waals surface area contributed by atoms with Gasteiger partial charge in [0.2, 0.25) is 0 Å². The molecule has 3 N–H and O–H groups in total. The summed E-state index contributed by atoms with van der Waals surface area (Å²) in [4.78, 5) is 24.3. The molecule has 0 aliphatic rings. The first kappa shape index (κ1) is 16.1. The fourth-order valence-corrected chi connectivity index (χ4v) is 3.10. The predicted octanol–water partition coefficient (Wildman–Crippen LogP) is 3.61. The average molecular weight is 346 g/mol. The monoisotopic (exact) mass is 346 g/mol. The summed E-state index contributed by atoms with van der Waals surface area (Å²) in [6, 6.07) is 13.4. The second-order valence-corrected chi connectivity index (χ2v) is 6.01. The number of esters is 1. The molecule has 26 heavy (non-hydrogen) atoms. The van der Waals surface area contributed by atoms with Gasteiger partial charge < -0.3 is 15.5 Å². The number of ether oxygens (including phenoxy) is 1. The largest absolute Gasteiger partial charge is 0.454 e. The molecule has 0 unspecified atom stereocenters. The van der Waals surface area contributed by atoms with E-state index in [9.17, 15) is 4.79 Å². The molecular formula is C20H18N4O2. The van der Waals surface area contributed by atoms with Gasteiger partial charge in [-0.1, -0.05) is 37.3 Å². The van der Waals surface area contributed by atoms with Gasteiger partial charge in [0.1, 0.15) is 5.82 Å². The van der Waals surface area contributed by atoms with Crippen LogP contribution in [0.5, 0.6) is 0 Å². The zero-order chi connectivity index (χ0) is 18.1. The van der Waals surface area contributed by atoms with E-state index in [2.05, 4.69) is 21.9 Å². The Morgan fingerprint density at radius 3 is 2.77 bits per heavy atom. The lowest BCUT2D eigenvalue weighted by Crippen LogP contribution is -2.08. The number of aromatic amines is 1. The molecular weight excluding hydrogens is 328 g/mol. The number of nitrogens with two attached hydrogens (primary N) is 1. The van der Waals surface area contributed by atoms with Gasteiger partial charge in [-0.25, -0.2) is 14.8 Å². The van der Waals surface area contributed by atoms with E-state index in [-0.39, 0.29) is 6.61 Å². The van der Waals surface area contributed by atoms with Crippen molar-refractivity contribution in [1.29, 1.82) is 0 Å². The Morgan fingerprint density at radius 2 is 1.92 bits per heavy atom. The van der Waals surface area contributed by atoms with Crippen LogP contribution in [0.2, 0.25) is 0 Å². The summed E-state index contributed by atoms with van der Waals surface area (Å²) in [5, 5.41) is 1.64. The van der Waals surface area contributed by atoms with Crippen LogP contribution in [0, 0.1) is 0 Å². The van der Waals surface area contributed by atoms with Crippen LogP contribution in [0.15, 0.2) is 48.7 Å². The van der Waals surface area contributed by atoms with E-state index >= 15 is 0 Å². The number of aromatic nitrogens is 3. The van der Waals surface area contributed by atoms with Crippen LogP contribution in [0.3, 0.4) is 0 Å². The fraction of sp³-hybridized carbons (Fsp3) is 0.150. The van der Waals surface area contributed by atoms with Crippen molar-refractivity contribution in [3.8, 4) is 0 Å². The first-order chi connectivity index (χ1) is 12.7. The predicted molar refractivity (Wildman–Crippen MR) is 101 cm³/mol. The highest BCUT2D eigenvalue weighted by Gasteiger charge is 2.16. The number of rotatable bonds is 4. The summed E-state index contributed by atoms with van der Waals surface area (Å²) in [5.41, 5.74) is 9.32. The molecule has 0 radical (unpaired) electrons. The van der Waals surface area contributed by atoms with Crippen molar-refractivity contribution in [2.45, 2.75) is 20.0 Å². The van der Waals surface area contributed by atoms with Gasteiger partial charge in [0.15, 0.2) is 12.4 Å². The maximum atomic E-state index is 12.5. The van der Waals surface area contributed by atoms with Crippen LogP contribution >= 0.6 is 0 Å². The third kappa shape index (κ3) is 2.75. The maximum Gasteiger partial charge on any atom is 0.340 e. The standard InChI is InChI=1S/C20H18N4O2/c1-2-12-6-5-8-13-15(10-22-18(12)13)20(25)26-11-17-23-16-9-4-3-7-14(16)19(21)24-17/h3-10,22H,2,11H2,1H3,(H2,21,23,24). The molecule has 0 amide bonds. The molecule has 0 atom stereocenters. The Balaban J connectivity index is 1.58. The highest BCUT2D eigenvalue weighted by molar-refractivity contribution is 6.04. The number of para-hydroxylation sites is 2. The van der Waals surface area contributed by atoms with Gasteiger partial charge >= 0.3 is 5.97 Å². The van der Waals surface area contributed by atoms with E-state index in [1.54, 1.807) is 6.20 Å². The van der Waals surface area contributed by atoms with Crippen molar-refractivity contribution in [3.63, 3.8) is 0 Å². The second-order valence-electron chi connectivity index (χ2n) is 6.01. The van der Waals surface area contributed by atoms with Gasteiger partial charge in [0.25, 0.3) is 0 Å². The van der Waals surface area contributed by atoms with E-state index in [1.807, 2.05) is 42.5 Å². The normalized spacial score (nSPS) is 11.1. The van der Waals surface area contributed by atoms with Crippen LogP contribution in [0.4, 0.5) is 5.82 Å². The number of hydrogen-bond donors (Lipinski definition) is 2. The summed E-state index contributed by atoms with van der Waals surface area (Å²) in [6.07, 6.45) is 2.57. The molecule has 0 bridgehead atoms. The van der Waals surface area contributed by atoms with Gasteiger partial charge in [0.05, 0.1) is 11.1 Å². The van der Waals surface area contributed by atoms with Crippen LogP contribution in [-0.2, 0) is 17.8 Å². The topological polar surface area (TPSA) is 93.9 Å². The molecule has 2 heterocycles. The Kier molecular flexibility index (Phi) is 4.01. The molecule has 0 aliphatic heterocycles. The zero-order valence-electron chi connectivity index (χ0n) is 14.3. The second kappa shape index (κ2) is 6.48. The molecule has 6 heteroatoms. The molecule has 0 aliphatic carbocycles. The van der Waals surface area contributed by atoms with Crippen molar-refractivity contribution in [2.75, 3.05) is 5.73 Å². The van der Waals surface area contributed by atoms with Gasteiger partial charge in [-0.2, -0.15) is 0 Å². The van der Waals surface area contributed by atoms with Gasteiger partial charge in [-0.05, 0) is 24.1 Å². The number of fused-ring (bicyclic) bond motifs is 2. The summed E-state index contributed by atoms with van der Waals surface area (Å²) in [6.45, 7) is 2.04. The Bertz CT molecular complexity index is 1120. The quantitative estimate of drug-likeness (QED) is 0.551. The lowest BCUT2D eigenvalue weighted by Gasteiger charge is -2.06. The fourth-order valence-electron chi connectivity index (χ4n) is 3.10. The van der Waals surface area contributed by atoms with Crippen LogP contribution in [0.25, 0.3) is 21.8 Å². The van der Waals surface area contributed by atoms with Crippen molar-refractivity contribution in [3.05, 3.63) is 65.6 Å². The highest BCUT2D eigenvalue weighted by atomic mass is 16.5. The Hall–Kier alpha value is -3.41. The van der Waals surface area contributed by atoms with E-state index < -0.39 is 5.97 Å².